The molecule has 6 nitrogen and oxygen atoms in total. The van der Waals surface area contributed by atoms with Gasteiger partial charge in [-0.1, -0.05) is 31.4 Å². The van der Waals surface area contributed by atoms with Crippen molar-refractivity contribution in [2.24, 2.45) is 0 Å². The van der Waals surface area contributed by atoms with E-state index in [4.69, 9.17) is 9.26 Å². The molecule has 1 aliphatic carbocycles. The van der Waals surface area contributed by atoms with E-state index in [1.165, 1.54) is 5.57 Å². The summed E-state index contributed by atoms with van der Waals surface area (Å²) in [4.78, 5) is 0. The van der Waals surface area contributed by atoms with Crippen LogP contribution < -0.4 is 9.61 Å². The quantitative estimate of drug-likeness (QED) is 0.210. The second-order valence-electron chi connectivity index (χ2n) is 8.77. The van der Waals surface area contributed by atoms with Crippen molar-refractivity contribution in [1.29, 1.82) is 0 Å². The van der Waals surface area contributed by atoms with Gasteiger partial charge in [-0.25, -0.2) is 14.3 Å². The third-order valence-corrected chi connectivity index (χ3v) is 7.94. The Morgan fingerprint density at radius 2 is 2.10 bits per heavy atom. The van der Waals surface area contributed by atoms with Crippen LogP contribution in [0.3, 0.4) is 0 Å². The molecule has 1 fully saturated rings. The number of ether oxygens (including phenoxy) is 1. The van der Waals surface area contributed by atoms with Gasteiger partial charge in [0.2, 0.25) is 0 Å². The van der Waals surface area contributed by atoms with Crippen LogP contribution >= 0.6 is 7.67 Å². The fourth-order valence-electron chi connectivity index (χ4n) is 3.97. The van der Waals surface area contributed by atoms with Gasteiger partial charge in [-0.15, -0.1) is 0 Å². The SMILES string of the molecule is CCCCCc1cc(O)c(C2C=C(C)CCC2)c(OP(=O)(NCC2CO2)N(C)C)c1. The highest BCUT2D eigenvalue weighted by Crippen LogP contribution is 2.50. The number of nitrogens with one attached hydrogen (secondary N) is 1. The van der Waals surface area contributed by atoms with Gasteiger partial charge in [0.25, 0.3) is 0 Å². The van der Waals surface area contributed by atoms with Crippen molar-refractivity contribution in [1.82, 2.24) is 9.76 Å². The molecule has 0 spiro atoms. The highest BCUT2D eigenvalue weighted by atomic mass is 31.2. The molecule has 168 valence electrons. The van der Waals surface area contributed by atoms with Crippen LogP contribution in [0.15, 0.2) is 23.8 Å². The first-order valence-corrected chi connectivity index (χ1v) is 12.8. The van der Waals surface area contributed by atoms with Gasteiger partial charge < -0.3 is 14.4 Å². The lowest BCUT2D eigenvalue weighted by molar-refractivity contribution is 0.375. The topological polar surface area (TPSA) is 74.3 Å². The van der Waals surface area contributed by atoms with Crippen LogP contribution in [0.25, 0.3) is 0 Å². The highest BCUT2D eigenvalue weighted by molar-refractivity contribution is 7.54. The Morgan fingerprint density at radius 3 is 2.73 bits per heavy atom. The predicted molar refractivity (Wildman–Crippen MR) is 121 cm³/mol. The molecule has 1 aliphatic heterocycles. The maximum atomic E-state index is 13.6. The summed E-state index contributed by atoms with van der Waals surface area (Å²) in [5, 5.41) is 14.1. The van der Waals surface area contributed by atoms with Crippen LogP contribution in [0.1, 0.15) is 69.4 Å². The molecule has 3 atom stereocenters. The summed E-state index contributed by atoms with van der Waals surface area (Å²) in [6, 6.07) is 3.84. The van der Waals surface area contributed by atoms with E-state index in [9.17, 15) is 9.67 Å². The van der Waals surface area contributed by atoms with Crippen LogP contribution in [0.5, 0.6) is 11.5 Å². The molecular weight excluding hydrogens is 399 g/mol. The first-order valence-electron chi connectivity index (χ1n) is 11.2. The van der Waals surface area contributed by atoms with Crippen LogP contribution in [0.4, 0.5) is 0 Å². The third-order valence-electron chi connectivity index (χ3n) is 5.86. The fraction of sp³-hybridized carbons (Fsp3) is 0.652. The van der Waals surface area contributed by atoms with E-state index in [1.807, 2.05) is 12.1 Å². The number of hydrogen-bond donors (Lipinski definition) is 2. The average Bonchev–Trinajstić information content (AvgIpc) is 3.51. The largest absolute Gasteiger partial charge is 0.507 e. The number of phenolic OH excluding ortho intramolecular Hbond substituents is 1. The lowest BCUT2D eigenvalue weighted by Gasteiger charge is -2.29. The minimum absolute atomic E-state index is 0.0702. The van der Waals surface area contributed by atoms with Gasteiger partial charge >= 0.3 is 7.67 Å². The zero-order valence-electron chi connectivity index (χ0n) is 18.8. The maximum Gasteiger partial charge on any atom is 0.392 e. The van der Waals surface area contributed by atoms with E-state index in [-0.39, 0.29) is 17.8 Å². The minimum atomic E-state index is -3.32. The standard InChI is InChI=1S/C23H37N2O4P/c1-5-6-7-10-18-13-21(26)23(19-11-8-9-17(2)12-19)22(14-18)29-30(27,25(3)4)24-15-20-16-28-20/h12-14,19-20,26H,5-11,15-16H2,1-4H3,(H,24,27). The Balaban J connectivity index is 1.94. The van der Waals surface area contributed by atoms with Gasteiger partial charge in [0.15, 0.2) is 0 Å². The average molecular weight is 437 g/mol. The number of benzene rings is 1. The molecule has 0 bridgehead atoms. The van der Waals surface area contributed by atoms with Crippen molar-refractivity contribution in [3.05, 3.63) is 34.9 Å². The molecule has 7 heteroatoms. The zero-order chi connectivity index (χ0) is 21.7. The molecule has 1 saturated heterocycles. The first kappa shape index (κ1) is 23.3. The summed E-state index contributed by atoms with van der Waals surface area (Å²) in [5.41, 5.74) is 3.09. The first-order chi connectivity index (χ1) is 14.3. The van der Waals surface area contributed by atoms with E-state index < -0.39 is 7.67 Å². The smallest absolute Gasteiger partial charge is 0.392 e. The molecule has 0 saturated carbocycles. The van der Waals surface area contributed by atoms with E-state index in [0.717, 1.165) is 56.1 Å². The number of phenols is 1. The number of unbranched alkanes of at least 4 members (excludes halogenated alkanes) is 2. The van der Waals surface area contributed by atoms with Gasteiger partial charge in [-0.3, -0.25) is 0 Å². The Kier molecular flexibility index (Phi) is 8.03. The summed E-state index contributed by atoms with van der Waals surface area (Å²) in [5.74, 6) is 0.838. The van der Waals surface area contributed by atoms with E-state index >= 15 is 0 Å². The van der Waals surface area contributed by atoms with Gasteiger partial charge in [0.05, 0.1) is 12.7 Å². The lowest BCUT2D eigenvalue weighted by Crippen LogP contribution is -2.28. The number of allylic oxidation sites excluding steroid dienone is 2. The molecule has 2 aliphatic rings. The Bertz CT molecular complexity index is 805. The Morgan fingerprint density at radius 1 is 1.33 bits per heavy atom. The van der Waals surface area contributed by atoms with E-state index in [1.54, 1.807) is 18.8 Å². The van der Waals surface area contributed by atoms with Crippen molar-refractivity contribution >= 4 is 7.67 Å². The van der Waals surface area contributed by atoms with E-state index in [0.29, 0.717) is 18.9 Å². The van der Waals surface area contributed by atoms with E-state index in [2.05, 4.69) is 25.0 Å². The Labute approximate surface area is 181 Å². The molecule has 0 amide bonds. The molecule has 3 rings (SSSR count). The van der Waals surface area contributed by atoms with Gasteiger partial charge in [-0.2, -0.15) is 0 Å². The zero-order valence-corrected chi connectivity index (χ0v) is 19.7. The van der Waals surface area contributed by atoms with Crippen LogP contribution in [-0.4, -0.2) is 43.1 Å². The van der Waals surface area contributed by atoms with Gasteiger partial charge in [-0.05, 0) is 70.8 Å². The van der Waals surface area contributed by atoms with Crippen LogP contribution in [0.2, 0.25) is 0 Å². The second-order valence-corrected chi connectivity index (χ2v) is 11.1. The summed E-state index contributed by atoms with van der Waals surface area (Å²) in [6.45, 7) is 5.47. The lowest BCUT2D eigenvalue weighted by atomic mass is 9.84. The molecule has 1 aromatic rings. The number of aromatic hydroxyl groups is 1. The summed E-state index contributed by atoms with van der Waals surface area (Å²) < 4.78 is 26.7. The number of nitrogens with zero attached hydrogens (tertiary/aromatic N) is 1. The van der Waals surface area contributed by atoms with Crippen LogP contribution in [0, 0.1) is 0 Å². The van der Waals surface area contributed by atoms with Crippen molar-refractivity contribution in [3.8, 4) is 11.5 Å². The van der Waals surface area contributed by atoms with Crippen molar-refractivity contribution in [2.45, 2.75) is 70.8 Å². The fourth-order valence-corrected chi connectivity index (χ4v) is 5.33. The molecule has 1 heterocycles. The third kappa shape index (κ3) is 6.10. The number of epoxide rings is 1. The summed E-state index contributed by atoms with van der Waals surface area (Å²) in [6.07, 6.45) is 9.63. The Hall–Kier alpha value is -1.33. The number of aryl methyl sites for hydroxylation is 1. The van der Waals surface area contributed by atoms with Crippen molar-refractivity contribution in [2.75, 3.05) is 27.2 Å². The van der Waals surface area contributed by atoms with Crippen molar-refractivity contribution < 1.29 is 18.9 Å². The monoisotopic (exact) mass is 436 g/mol. The molecule has 3 unspecified atom stereocenters. The molecule has 1 aromatic carbocycles. The molecular formula is C23H37N2O4P. The minimum Gasteiger partial charge on any atom is -0.507 e. The number of hydrogen-bond acceptors (Lipinski definition) is 4. The van der Waals surface area contributed by atoms with Gasteiger partial charge in [0, 0.05) is 18.0 Å². The molecule has 0 radical (unpaired) electrons. The van der Waals surface area contributed by atoms with Crippen molar-refractivity contribution in [3.63, 3.8) is 0 Å². The molecule has 30 heavy (non-hydrogen) atoms. The second kappa shape index (κ2) is 10.3. The van der Waals surface area contributed by atoms with Crippen LogP contribution in [-0.2, 0) is 15.7 Å². The number of rotatable bonds is 11. The summed E-state index contributed by atoms with van der Waals surface area (Å²) in [7, 11) is 0.173. The highest BCUT2D eigenvalue weighted by Gasteiger charge is 2.34. The normalized spacial score (nSPS) is 23.2. The summed E-state index contributed by atoms with van der Waals surface area (Å²) >= 11 is 0. The van der Waals surface area contributed by atoms with Gasteiger partial charge in [0.1, 0.15) is 11.5 Å². The molecule has 2 N–H and O–H groups in total. The predicted octanol–water partition coefficient (Wildman–Crippen LogP) is 5.38. The molecule has 0 aromatic heterocycles. The maximum absolute atomic E-state index is 13.6.